The second-order valence-electron chi connectivity index (χ2n) is 6.80. The normalized spacial score (nSPS) is 12.5. The minimum atomic E-state index is -1.80. The number of methoxy groups -OCH3 is 1. The highest BCUT2D eigenvalue weighted by molar-refractivity contribution is 6.77. The molecule has 0 fully saturated rings. The van der Waals surface area contributed by atoms with Crippen LogP contribution in [0.2, 0.25) is 16.6 Å². The molecule has 0 N–H and O–H groups in total. The van der Waals surface area contributed by atoms with Crippen molar-refractivity contribution in [1.82, 2.24) is 0 Å². The highest BCUT2D eigenvalue weighted by Crippen LogP contribution is 2.42. The van der Waals surface area contributed by atoms with Crippen molar-refractivity contribution in [3.63, 3.8) is 0 Å². The fourth-order valence-electron chi connectivity index (χ4n) is 3.52. The van der Waals surface area contributed by atoms with Gasteiger partial charge in [-0.1, -0.05) is 53.7 Å². The van der Waals surface area contributed by atoms with Gasteiger partial charge in [-0.25, -0.2) is 0 Å². The first-order valence-corrected chi connectivity index (χ1v) is 10.3. The minimum Gasteiger partial charge on any atom is -0.468 e. The van der Waals surface area contributed by atoms with E-state index in [9.17, 15) is 0 Å². The van der Waals surface area contributed by atoms with Crippen LogP contribution in [0.25, 0.3) is 0 Å². The highest BCUT2D eigenvalue weighted by atomic mass is 28.4. The second-order valence-corrected chi connectivity index (χ2v) is 12.3. The van der Waals surface area contributed by atoms with Crippen molar-refractivity contribution in [2.75, 3.05) is 13.9 Å². The topological polar surface area (TPSA) is 27.7 Å². The van der Waals surface area contributed by atoms with Crippen molar-refractivity contribution in [2.45, 2.75) is 64.8 Å². The zero-order valence-corrected chi connectivity index (χ0v) is 16.2. The number of hydrogen-bond acceptors (Lipinski definition) is 3. The Morgan fingerprint density at radius 3 is 1.77 bits per heavy atom. The predicted octanol–water partition coefficient (Wildman–Crippen LogP) is 5.36. The molecule has 0 aliphatic rings. The lowest BCUT2D eigenvalue weighted by Gasteiger charge is -2.42. The Balaban J connectivity index is 2.77. The van der Waals surface area contributed by atoms with Crippen molar-refractivity contribution < 1.29 is 13.9 Å². The molecular formula is C18H32O3Si. The van der Waals surface area contributed by atoms with E-state index in [4.69, 9.17) is 13.9 Å². The lowest BCUT2D eigenvalue weighted by atomic mass is 10.2. The summed E-state index contributed by atoms with van der Waals surface area (Å²) >= 11 is 0. The molecule has 0 radical (unpaired) electrons. The van der Waals surface area contributed by atoms with E-state index in [0.29, 0.717) is 23.2 Å². The molecule has 0 aromatic heterocycles. The fraction of sp³-hybridized carbons (Fsp3) is 0.667. The van der Waals surface area contributed by atoms with E-state index in [0.717, 1.165) is 5.75 Å². The van der Waals surface area contributed by atoms with E-state index in [2.05, 4.69) is 53.7 Å². The Bertz CT molecular complexity index is 405. The molecule has 1 aromatic carbocycles. The molecule has 0 heterocycles. The molecular weight excluding hydrogens is 292 g/mol. The molecule has 1 aromatic rings. The van der Waals surface area contributed by atoms with Gasteiger partial charge in [0.15, 0.2) is 6.79 Å². The molecule has 0 aliphatic carbocycles. The van der Waals surface area contributed by atoms with Crippen molar-refractivity contribution in [3.8, 4) is 5.75 Å². The van der Waals surface area contributed by atoms with Gasteiger partial charge in [0, 0.05) is 7.11 Å². The summed E-state index contributed by atoms with van der Waals surface area (Å²) in [6.45, 7) is 14.8. The Morgan fingerprint density at radius 2 is 1.36 bits per heavy atom. The zero-order valence-electron chi connectivity index (χ0n) is 15.2. The van der Waals surface area contributed by atoms with Gasteiger partial charge in [-0.05, 0) is 34.3 Å². The van der Waals surface area contributed by atoms with Gasteiger partial charge in [-0.3, -0.25) is 0 Å². The van der Waals surface area contributed by atoms with Gasteiger partial charge >= 0.3 is 0 Å². The standard InChI is InChI=1S/C18H32O3Si/c1-14(2)22(15(3)4,16(5)6)21-12-17-8-10-18(11-9-17)20-13-19-7/h8-11,14-16H,12-13H2,1-7H3. The van der Waals surface area contributed by atoms with Crippen molar-refractivity contribution >= 4 is 8.32 Å². The van der Waals surface area contributed by atoms with E-state index in [1.54, 1.807) is 7.11 Å². The quantitative estimate of drug-likeness (QED) is 0.452. The number of hydrogen-bond donors (Lipinski definition) is 0. The largest absolute Gasteiger partial charge is 0.468 e. The van der Waals surface area contributed by atoms with Crippen LogP contribution in [0.1, 0.15) is 47.1 Å². The maximum atomic E-state index is 6.59. The molecule has 22 heavy (non-hydrogen) atoms. The van der Waals surface area contributed by atoms with Crippen LogP contribution < -0.4 is 4.74 Å². The summed E-state index contributed by atoms with van der Waals surface area (Å²) in [5, 5.41) is 0. The van der Waals surface area contributed by atoms with E-state index in [1.165, 1.54) is 5.56 Å². The maximum Gasteiger partial charge on any atom is 0.200 e. The third kappa shape index (κ3) is 4.57. The van der Waals surface area contributed by atoms with Crippen LogP contribution in [0.4, 0.5) is 0 Å². The smallest absolute Gasteiger partial charge is 0.200 e. The lowest BCUT2D eigenvalue weighted by molar-refractivity contribution is 0.0511. The average molecular weight is 325 g/mol. The molecule has 0 saturated heterocycles. The van der Waals surface area contributed by atoms with Crippen molar-refractivity contribution in [1.29, 1.82) is 0 Å². The third-order valence-corrected chi connectivity index (χ3v) is 10.5. The molecule has 0 amide bonds. The summed E-state index contributed by atoms with van der Waals surface area (Å²) in [5.41, 5.74) is 3.02. The van der Waals surface area contributed by atoms with Crippen LogP contribution in [0.3, 0.4) is 0 Å². The first kappa shape index (κ1) is 19.2. The summed E-state index contributed by atoms with van der Waals surface area (Å²) < 4.78 is 16.9. The zero-order chi connectivity index (χ0) is 16.8. The van der Waals surface area contributed by atoms with E-state index in [1.807, 2.05) is 12.1 Å². The number of ether oxygens (including phenoxy) is 2. The van der Waals surface area contributed by atoms with Crippen LogP contribution in [-0.4, -0.2) is 22.2 Å². The lowest BCUT2D eigenvalue weighted by Crippen LogP contribution is -2.47. The van der Waals surface area contributed by atoms with Gasteiger partial charge in [-0.2, -0.15) is 0 Å². The molecule has 126 valence electrons. The van der Waals surface area contributed by atoms with Gasteiger partial charge in [0.25, 0.3) is 0 Å². The van der Waals surface area contributed by atoms with Crippen LogP contribution in [0.15, 0.2) is 24.3 Å². The van der Waals surface area contributed by atoms with E-state index >= 15 is 0 Å². The summed E-state index contributed by atoms with van der Waals surface area (Å²) in [6.07, 6.45) is 0. The monoisotopic (exact) mass is 324 g/mol. The third-order valence-electron chi connectivity index (χ3n) is 4.46. The van der Waals surface area contributed by atoms with Gasteiger partial charge < -0.3 is 13.9 Å². The van der Waals surface area contributed by atoms with E-state index in [-0.39, 0.29) is 6.79 Å². The highest BCUT2D eigenvalue weighted by Gasteiger charge is 2.44. The van der Waals surface area contributed by atoms with Gasteiger partial charge in [0.1, 0.15) is 5.75 Å². The van der Waals surface area contributed by atoms with Crippen LogP contribution in [0, 0.1) is 0 Å². The van der Waals surface area contributed by atoms with Gasteiger partial charge in [0.05, 0.1) is 6.61 Å². The van der Waals surface area contributed by atoms with Crippen molar-refractivity contribution in [3.05, 3.63) is 29.8 Å². The molecule has 3 nitrogen and oxygen atoms in total. The van der Waals surface area contributed by atoms with Gasteiger partial charge in [0.2, 0.25) is 8.32 Å². The molecule has 0 atom stereocenters. The first-order valence-electron chi connectivity index (χ1n) is 8.19. The summed E-state index contributed by atoms with van der Waals surface area (Å²) in [6, 6.07) is 8.10. The average Bonchev–Trinajstić information content (AvgIpc) is 2.45. The molecule has 4 heteroatoms. The number of benzene rings is 1. The maximum absolute atomic E-state index is 6.59. The Hall–Kier alpha value is -0.843. The Morgan fingerprint density at radius 1 is 0.864 bits per heavy atom. The van der Waals surface area contributed by atoms with Crippen LogP contribution >= 0.6 is 0 Å². The Labute approximate surface area is 137 Å². The fourth-order valence-corrected chi connectivity index (χ4v) is 8.93. The molecule has 0 aliphatic heterocycles. The van der Waals surface area contributed by atoms with Gasteiger partial charge in [-0.15, -0.1) is 0 Å². The second kappa shape index (κ2) is 8.70. The molecule has 0 bridgehead atoms. The predicted molar refractivity (Wildman–Crippen MR) is 94.8 cm³/mol. The molecule has 0 unspecified atom stereocenters. The van der Waals surface area contributed by atoms with E-state index < -0.39 is 8.32 Å². The summed E-state index contributed by atoms with van der Waals surface area (Å²) in [5.74, 6) is 0.825. The van der Waals surface area contributed by atoms with Crippen LogP contribution in [0.5, 0.6) is 5.75 Å². The summed E-state index contributed by atoms with van der Waals surface area (Å²) in [4.78, 5) is 0. The SMILES string of the molecule is COCOc1ccc(CO[Si](C(C)C)(C(C)C)C(C)C)cc1. The molecule has 1 rings (SSSR count). The first-order chi connectivity index (χ1) is 10.3. The minimum absolute atomic E-state index is 0.278. The Kier molecular flexibility index (Phi) is 7.60. The molecule has 0 spiro atoms. The van der Waals surface area contributed by atoms with Crippen molar-refractivity contribution in [2.24, 2.45) is 0 Å². The molecule has 0 saturated carbocycles. The van der Waals surface area contributed by atoms with Crippen LogP contribution in [-0.2, 0) is 15.8 Å². The number of rotatable bonds is 9. The summed E-state index contributed by atoms with van der Waals surface area (Å²) in [7, 11) is -0.175.